The zero-order valence-electron chi connectivity index (χ0n) is 9.70. The van der Waals surface area contributed by atoms with Crippen molar-refractivity contribution in [1.29, 1.82) is 0 Å². The summed E-state index contributed by atoms with van der Waals surface area (Å²) in [6, 6.07) is 0. The van der Waals surface area contributed by atoms with E-state index in [0.717, 1.165) is 30.5 Å². The second-order valence-electron chi connectivity index (χ2n) is 4.81. The summed E-state index contributed by atoms with van der Waals surface area (Å²) in [7, 11) is 0. The van der Waals surface area contributed by atoms with E-state index < -0.39 is 0 Å². The zero-order valence-corrected chi connectivity index (χ0v) is 10.5. The van der Waals surface area contributed by atoms with E-state index >= 15 is 0 Å². The van der Waals surface area contributed by atoms with Gasteiger partial charge in [0.15, 0.2) is 6.29 Å². The Labute approximate surface area is 104 Å². The highest BCUT2D eigenvalue weighted by molar-refractivity contribution is 6.35. The number of carbonyl (C=O) groups excluding carboxylic acids is 1. The molecule has 0 saturated heterocycles. The van der Waals surface area contributed by atoms with Gasteiger partial charge >= 0.3 is 0 Å². The van der Waals surface area contributed by atoms with Crippen molar-refractivity contribution in [2.75, 3.05) is 0 Å². The Bertz CT molecular complexity index is 628. The molecule has 3 rings (SSSR count). The van der Waals surface area contributed by atoms with Crippen molar-refractivity contribution in [2.45, 2.75) is 32.2 Å². The molecule has 2 aromatic rings. The summed E-state index contributed by atoms with van der Waals surface area (Å²) in [4.78, 5) is 19.5. The average Bonchev–Trinajstić information content (AvgIpc) is 2.93. The van der Waals surface area contributed by atoms with Gasteiger partial charge in [-0.2, -0.15) is 0 Å². The summed E-state index contributed by atoms with van der Waals surface area (Å²) in [5.41, 5.74) is 2.39. The summed E-state index contributed by atoms with van der Waals surface area (Å²) >= 11 is 6.07. The molecule has 88 valence electrons. The van der Waals surface area contributed by atoms with E-state index in [2.05, 4.69) is 21.5 Å². The number of hydrogen-bond acceptors (Lipinski definition) is 3. The van der Waals surface area contributed by atoms with Crippen LogP contribution in [0.2, 0.25) is 5.15 Å². The van der Waals surface area contributed by atoms with Gasteiger partial charge in [0, 0.05) is 16.8 Å². The molecule has 1 aliphatic rings. The minimum atomic E-state index is 0.0846. The molecule has 5 heteroatoms. The fourth-order valence-corrected chi connectivity index (χ4v) is 2.66. The third kappa shape index (κ3) is 1.33. The molecule has 4 nitrogen and oxygen atoms in total. The molecule has 0 radical (unpaired) electrons. The molecule has 0 amide bonds. The number of aromatic nitrogens is 3. The van der Waals surface area contributed by atoms with Gasteiger partial charge in [0.2, 0.25) is 0 Å². The largest absolute Gasteiger partial charge is 0.323 e. The Morgan fingerprint density at radius 3 is 2.76 bits per heavy atom. The van der Waals surface area contributed by atoms with Crippen LogP contribution in [0.15, 0.2) is 6.33 Å². The van der Waals surface area contributed by atoms with Crippen molar-refractivity contribution in [3.63, 3.8) is 0 Å². The molecule has 0 unspecified atom stereocenters. The van der Waals surface area contributed by atoms with Gasteiger partial charge in [0.25, 0.3) is 0 Å². The van der Waals surface area contributed by atoms with E-state index in [1.54, 1.807) is 0 Å². The Hall–Kier alpha value is -1.42. The lowest BCUT2D eigenvalue weighted by Crippen LogP contribution is -2.14. The number of aldehydes is 1. The maximum absolute atomic E-state index is 11.2. The summed E-state index contributed by atoms with van der Waals surface area (Å²) in [5.74, 6) is 0. The second kappa shape index (κ2) is 3.29. The van der Waals surface area contributed by atoms with E-state index in [0.29, 0.717) is 16.1 Å². The van der Waals surface area contributed by atoms with Crippen molar-refractivity contribution >= 4 is 28.9 Å². The molecular formula is C12H12ClN3O. The Balaban J connectivity index is 2.47. The van der Waals surface area contributed by atoms with Crippen LogP contribution >= 0.6 is 11.6 Å². The number of nitrogens with zero attached hydrogens (tertiary/aromatic N) is 3. The fraction of sp³-hybridized carbons (Fsp3) is 0.417. The van der Waals surface area contributed by atoms with Gasteiger partial charge in [0.1, 0.15) is 17.1 Å². The number of rotatable bonds is 2. The molecule has 1 saturated carbocycles. The maximum Gasteiger partial charge on any atom is 0.152 e. The smallest absolute Gasteiger partial charge is 0.152 e. The SMILES string of the molecule is Cc1c(C=O)c2c(Cl)ncnc2n1C1(C)CC1. The van der Waals surface area contributed by atoms with Crippen molar-refractivity contribution in [1.82, 2.24) is 14.5 Å². The van der Waals surface area contributed by atoms with E-state index in [-0.39, 0.29) is 5.54 Å². The third-order valence-corrected chi connectivity index (χ3v) is 3.91. The molecule has 0 aliphatic heterocycles. The highest BCUT2D eigenvalue weighted by atomic mass is 35.5. The predicted molar refractivity (Wildman–Crippen MR) is 65.5 cm³/mol. The van der Waals surface area contributed by atoms with Gasteiger partial charge in [-0.25, -0.2) is 9.97 Å². The Kier molecular flexibility index (Phi) is 2.08. The molecule has 2 aromatic heterocycles. The van der Waals surface area contributed by atoms with E-state index in [1.807, 2.05) is 6.92 Å². The average molecular weight is 250 g/mol. The monoisotopic (exact) mass is 249 g/mol. The molecule has 0 aromatic carbocycles. The first-order valence-electron chi connectivity index (χ1n) is 5.55. The van der Waals surface area contributed by atoms with Crippen LogP contribution in [0, 0.1) is 6.92 Å². The number of carbonyl (C=O) groups is 1. The van der Waals surface area contributed by atoms with E-state index in [4.69, 9.17) is 11.6 Å². The van der Waals surface area contributed by atoms with Crippen molar-refractivity contribution in [3.8, 4) is 0 Å². The lowest BCUT2D eigenvalue weighted by molar-refractivity contribution is 0.112. The fourth-order valence-electron chi connectivity index (χ4n) is 2.43. The van der Waals surface area contributed by atoms with Gasteiger partial charge in [-0.15, -0.1) is 0 Å². The molecule has 1 aliphatic carbocycles. The summed E-state index contributed by atoms with van der Waals surface area (Å²) in [5, 5.41) is 1.03. The molecule has 17 heavy (non-hydrogen) atoms. The molecule has 0 bridgehead atoms. The molecule has 0 N–H and O–H groups in total. The van der Waals surface area contributed by atoms with Gasteiger partial charge in [-0.1, -0.05) is 11.6 Å². The number of fused-ring (bicyclic) bond motifs is 1. The zero-order chi connectivity index (χ0) is 12.2. The lowest BCUT2D eigenvalue weighted by atomic mass is 10.2. The van der Waals surface area contributed by atoms with E-state index in [1.165, 1.54) is 6.33 Å². The molecule has 2 heterocycles. The number of hydrogen-bond donors (Lipinski definition) is 0. The topological polar surface area (TPSA) is 47.8 Å². The second-order valence-corrected chi connectivity index (χ2v) is 5.17. The van der Waals surface area contributed by atoms with Crippen LogP contribution in [0.4, 0.5) is 0 Å². The minimum Gasteiger partial charge on any atom is -0.323 e. The molecule has 0 atom stereocenters. The third-order valence-electron chi connectivity index (χ3n) is 3.62. The van der Waals surface area contributed by atoms with Crippen LogP contribution < -0.4 is 0 Å². The van der Waals surface area contributed by atoms with Crippen molar-refractivity contribution < 1.29 is 4.79 Å². The molecule has 0 spiro atoms. The first kappa shape index (κ1) is 10.7. The lowest BCUT2D eigenvalue weighted by Gasteiger charge is -2.14. The van der Waals surface area contributed by atoms with Gasteiger partial charge in [0.05, 0.1) is 5.39 Å². The van der Waals surface area contributed by atoms with Gasteiger partial charge in [-0.3, -0.25) is 4.79 Å². The minimum absolute atomic E-state index is 0.0846. The van der Waals surface area contributed by atoms with Crippen molar-refractivity contribution in [2.24, 2.45) is 0 Å². The van der Waals surface area contributed by atoms with Crippen LogP contribution in [0.5, 0.6) is 0 Å². The van der Waals surface area contributed by atoms with Crippen molar-refractivity contribution in [3.05, 3.63) is 22.7 Å². The molecule has 1 fully saturated rings. The van der Waals surface area contributed by atoms with E-state index in [9.17, 15) is 4.79 Å². The quantitative estimate of drug-likeness (QED) is 0.607. The first-order chi connectivity index (χ1) is 8.08. The van der Waals surface area contributed by atoms with Crippen LogP contribution in [-0.2, 0) is 5.54 Å². The molecular weight excluding hydrogens is 238 g/mol. The standard InChI is InChI=1S/C12H12ClN3O/c1-7-8(5-17)9-10(13)14-6-15-11(9)16(7)12(2)3-4-12/h5-6H,3-4H2,1-2H3. The summed E-state index contributed by atoms with van der Waals surface area (Å²) < 4.78 is 2.12. The van der Waals surface area contributed by atoms with Crippen LogP contribution in [-0.4, -0.2) is 20.8 Å². The summed E-state index contributed by atoms with van der Waals surface area (Å²) in [6.07, 6.45) is 4.51. The highest BCUT2D eigenvalue weighted by Crippen LogP contribution is 2.47. The maximum atomic E-state index is 11.2. The van der Waals surface area contributed by atoms with Crippen LogP contribution in [0.3, 0.4) is 0 Å². The van der Waals surface area contributed by atoms with Gasteiger partial charge < -0.3 is 4.57 Å². The van der Waals surface area contributed by atoms with Crippen LogP contribution in [0.25, 0.3) is 11.0 Å². The first-order valence-corrected chi connectivity index (χ1v) is 5.93. The van der Waals surface area contributed by atoms with Gasteiger partial charge in [-0.05, 0) is 26.7 Å². The highest BCUT2D eigenvalue weighted by Gasteiger charge is 2.42. The van der Waals surface area contributed by atoms with Crippen LogP contribution in [0.1, 0.15) is 35.8 Å². The Morgan fingerprint density at radius 2 is 2.18 bits per heavy atom. The normalized spacial score (nSPS) is 17.4. The number of halogens is 1. The Morgan fingerprint density at radius 1 is 1.47 bits per heavy atom. The predicted octanol–water partition coefficient (Wildman–Crippen LogP) is 2.71. The summed E-state index contributed by atoms with van der Waals surface area (Å²) in [6.45, 7) is 4.11.